The molecule has 1 aromatic carbocycles. The molecule has 0 unspecified atom stereocenters. The zero-order chi connectivity index (χ0) is 17.3. The highest BCUT2D eigenvalue weighted by Gasteiger charge is 2.21. The molecule has 0 saturated carbocycles. The number of nitrogens with two attached hydrogens (primary N) is 1. The van der Waals surface area contributed by atoms with E-state index >= 15 is 0 Å². The number of carbonyl (C=O) groups excluding carboxylic acids is 2. The molecule has 2 aromatic heterocycles. The van der Waals surface area contributed by atoms with Gasteiger partial charge in [-0.3, -0.25) is 4.79 Å². The van der Waals surface area contributed by atoms with Crippen LogP contribution < -0.4 is 5.73 Å². The summed E-state index contributed by atoms with van der Waals surface area (Å²) < 4.78 is 5.14. The molecule has 6 heteroatoms. The number of ketones is 1. The first-order chi connectivity index (χ1) is 11.5. The van der Waals surface area contributed by atoms with Crippen LogP contribution in [0.25, 0.3) is 10.2 Å². The van der Waals surface area contributed by atoms with E-state index in [4.69, 9.17) is 10.5 Å². The van der Waals surface area contributed by atoms with Crippen molar-refractivity contribution < 1.29 is 14.3 Å². The molecule has 0 amide bonds. The predicted octanol–water partition coefficient (Wildman–Crippen LogP) is 3.54. The van der Waals surface area contributed by atoms with Gasteiger partial charge in [0.2, 0.25) is 0 Å². The minimum absolute atomic E-state index is 0.256. The fraction of sp³-hybridized carbons (Fsp3) is 0.167. The van der Waals surface area contributed by atoms with Gasteiger partial charge < -0.3 is 10.5 Å². The summed E-state index contributed by atoms with van der Waals surface area (Å²) in [6.07, 6.45) is 0. The van der Waals surface area contributed by atoms with Crippen molar-refractivity contribution in [2.45, 2.75) is 13.8 Å². The first kappa shape index (κ1) is 16.1. The molecule has 0 aliphatic rings. The molecule has 0 aliphatic heterocycles. The second kappa shape index (κ2) is 6.41. The Bertz CT molecular complexity index is 932. The minimum atomic E-state index is -0.600. The predicted molar refractivity (Wildman–Crippen MR) is 94.6 cm³/mol. The zero-order valence-corrected chi connectivity index (χ0v) is 14.1. The number of nitrogen functional groups attached to an aromatic ring is 1. The summed E-state index contributed by atoms with van der Waals surface area (Å²) >= 11 is 1.19. The second-order valence-electron chi connectivity index (χ2n) is 5.47. The number of Topliss-reactive ketones (excluding diaryl/α,β-unsaturated/α-hetero) is 1. The molecule has 2 N–H and O–H groups in total. The highest BCUT2D eigenvalue weighted by Crippen LogP contribution is 2.35. The number of carbonyl (C=O) groups is 2. The van der Waals surface area contributed by atoms with E-state index in [1.165, 1.54) is 11.3 Å². The number of esters is 1. The maximum Gasteiger partial charge on any atom is 0.350 e. The van der Waals surface area contributed by atoms with E-state index in [0.29, 0.717) is 16.1 Å². The monoisotopic (exact) mass is 340 g/mol. The summed E-state index contributed by atoms with van der Waals surface area (Å²) in [4.78, 5) is 29.7. The van der Waals surface area contributed by atoms with Crippen molar-refractivity contribution in [3.63, 3.8) is 0 Å². The van der Waals surface area contributed by atoms with Crippen molar-refractivity contribution in [3.8, 4) is 0 Å². The van der Waals surface area contributed by atoms with Gasteiger partial charge in [0.05, 0.1) is 5.69 Å². The molecule has 0 radical (unpaired) electrons. The highest BCUT2D eigenvalue weighted by atomic mass is 32.1. The van der Waals surface area contributed by atoms with Crippen molar-refractivity contribution in [3.05, 3.63) is 58.1 Å². The van der Waals surface area contributed by atoms with Gasteiger partial charge in [-0.15, -0.1) is 11.3 Å². The van der Waals surface area contributed by atoms with Crippen LogP contribution in [-0.4, -0.2) is 23.3 Å². The second-order valence-corrected chi connectivity index (χ2v) is 6.47. The van der Waals surface area contributed by atoms with Crippen LogP contribution in [0.2, 0.25) is 0 Å². The molecule has 0 bridgehead atoms. The standard InChI is InChI=1S/C18H16N2O3S/c1-10-8-11(2)20-17-14(10)15(19)16(24-17)18(22)23-9-13(21)12-6-4-3-5-7-12/h3-8H,9,19H2,1-2H3. The molecule has 3 aromatic rings. The first-order valence-corrected chi connectivity index (χ1v) is 8.20. The molecule has 2 heterocycles. The summed E-state index contributed by atoms with van der Waals surface area (Å²) in [5.41, 5.74) is 8.78. The molecule has 3 rings (SSSR count). The summed E-state index contributed by atoms with van der Waals surface area (Å²) in [7, 11) is 0. The number of nitrogens with zero attached hydrogens (tertiary/aromatic N) is 1. The number of anilines is 1. The van der Waals surface area contributed by atoms with E-state index in [-0.39, 0.29) is 17.3 Å². The van der Waals surface area contributed by atoms with Crippen LogP contribution in [0.15, 0.2) is 36.4 Å². The lowest BCUT2D eigenvalue weighted by molar-refractivity contribution is 0.0480. The van der Waals surface area contributed by atoms with Crippen LogP contribution in [-0.2, 0) is 4.74 Å². The van der Waals surface area contributed by atoms with Crippen LogP contribution in [0, 0.1) is 13.8 Å². The number of thiophene rings is 1. The van der Waals surface area contributed by atoms with E-state index in [9.17, 15) is 9.59 Å². The Hall–Kier alpha value is -2.73. The Kier molecular flexibility index (Phi) is 4.31. The maximum absolute atomic E-state index is 12.3. The van der Waals surface area contributed by atoms with Crippen molar-refractivity contribution in [1.82, 2.24) is 4.98 Å². The fourth-order valence-electron chi connectivity index (χ4n) is 2.52. The molecule has 0 spiro atoms. The van der Waals surface area contributed by atoms with E-state index < -0.39 is 5.97 Å². The van der Waals surface area contributed by atoms with Gasteiger partial charge in [0.25, 0.3) is 0 Å². The Balaban J connectivity index is 1.81. The van der Waals surface area contributed by atoms with Crippen LogP contribution >= 0.6 is 11.3 Å². The highest BCUT2D eigenvalue weighted by molar-refractivity contribution is 7.21. The summed E-state index contributed by atoms with van der Waals surface area (Å²) in [5, 5.41) is 0.770. The largest absolute Gasteiger partial charge is 0.453 e. The Labute approximate surface area is 143 Å². The third-order valence-corrected chi connectivity index (χ3v) is 4.72. The smallest absolute Gasteiger partial charge is 0.350 e. The van der Waals surface area contributed by atoms with Gasteiger partial charge in [-0.05, 0) is 25.5 Å². The van der Waals surface area contributed by atoms with Gasteiger partial charge in [-0.2, -0.15) is 0 Å². The van der Waals surface area contributed by atoms with Crippen molar-refractivity contribution in [1.29, 1.82) is 0 Å². The third-order valence-electron chi connectivity index (χ3n) is 3.64. The Morgan fingerprint density at radius 2 is 1.92 bits per heavy atom. The topological polar surface area (TPSA) is 82.3 Å². The molecule has 24 heavy (non-hydrogen) atoms. The normalized spacial score (nSPS) is 10.8. The van der Waals surface area contributed by atoms with Gasteiger partial charge in [0, 0.05) is 16.6 Å². The SMILES string of the molecule is Cc1cc(C)c2c(N)c(C(=O)OCC(=O)c3ccccc3)sc2n1. The van der Waals surface area contributed by atoms with Gasteiger partial charge >= 0.3 is 5.97 Å². The third kappa shape index (κ3) is 3.00. The molecule has 122 valence electrons. The lowest BCUT2D eigenvalue weighted by Gasteiger charge is -2.04. The molecule has 5 nitrogen and oxygen atoms in total. The summed E-state index contributed by atoms with van der Waals surface area (Å²) in [6, 6.07) is 10.6. The van der Waals surface area contributed by atoms with Gasteiger partial charge in [0.1, 0.15) is 9.71 Å². The summed E-state index contributed by atoms with van der Waals surface area (Å²) in [6.45, 7) is 3.50. The van der Waals surface area contributed by atoms with Gasteiger partial charge in [0.15, 0.2) is 12.4 Å². The molecule has 0 aliphatic carbocycles. The van der Waals surface area contributed by atoms with E-state index in [1.54, 1.807) is 24.3 Å². The molecular weight excluding hydrogens is 324 g/mol. The molecular formula is C18H16N2O3S. The fourth-order valence-corrected chi connectivity index (χ4v) is 3.64. The molecule has 0 saturated heterocycles. The zero-order valence-electron chi connectivity index (χ0n) is 13.3. The number of rotatable bonds is 4. The molecule has 0 fully saturated rings. The maximum atomic E-state index is 12.3. The Morgan fingerprint density at radius 1 is 1.21 bits per heavy atom. The van der Waals surface area contributed by atoms with Crippen LogP contribution in [0.3, 0.4) is 0 Å². The van der Waals surface area contributed by atoms with E-state index in [2.05, 4.69) is 4.98 Å². The summed E-state index contributed by atoms with van der Waals surface area (Å²) in [5.74, 6) is -0.856. The Morgan fingerprint density at radius 3 is 2.62 bits per heavy atom. The van der Waals surface area contributed by atoms with Crippen molar-refractivity contribution >= 4 is 39.0 Å². The number of ether oxygens (including phenoxy) is 1. The van der Waals surface area contributed by atoms with Gasteiger partial charge in [-0.25, -0.2) is 9.78 Å². The minimum Gasteiger partial charge on any atom is -0.453 e. The van der Waals surface area contributed by atoms with E-state index in [1.807, 2.05) is 26.0 Å². The van der Waals surface area contributed by atoms with Crippen LogP contribution in [0.5, 0.6) is 0 Å². The van der Waals surface area contributed by atoms with Crippen LogP contribution in [0.4, 0.5) is 5.69 Å². The number of aryl methyl sites for hydroxylation is 2. The number of aromatic nitrogens is 1. The van der Waals surface area contributed by atoms with E-state index in [0.717, 1.165) is 16.6 Å². The van der Waals surface area contributed by atoms with Crippen molar-refractivity contribution in [2.24, 2.45) is 0 Å². The quantitative estimate of drug-likeness (QED) is 0.580. The lowest BCUT2D eigenvalue weighted by Crippen LogP contribution is -2.14. The number of hydrogen-bond acceptors (Lipinski definition) is 6. The number of benzene rings is 1. The number of fused-ring (bicyclic) bond motifs is 1. The molecule has 0 atom stereocenters. The number of pyridine rings is 1. The average Bonchev–Trinajstić information content (AvgIpc) is 2.90. The average molecular weight is 340 g/mol. The number of hydrogen-bond donors (Lipinski definition) is 1. The lowest BCUT2D eigenvalue weighted by atomic mass is 10.1. The first-order valence-electron chi connectivity index (χ1n) is 7.39. The van der Waals surface area contributed by atoms with Gasteiger partial charge in [-0.1, -0.05) is 30.3 Å². The van der Waals surface area contributed by atoms with Crippen LogP contribution in [0.1, 0.15) is 31.3 Å². The van der Waals surface area contributed by atoms with Crippen molar-refractivity contribution in [2.75, 3.05) is 12.3 Å².